The van der Waals surface area contributed by atoms with Crippen LogP contribution in [0.4, 0.5) is 0 Å². The Balaban J connectivity index is 2.22. The number of aromatic nitrogens is 2. The van der Waals surface area contributed by atoms with E-state index >= 15 is 0 Å². The first kappa shape index (κ1) is 15.7. The minimum absolute atomic E-state index is 0.0272. The summed E-state index contributed by atoms with van der Waals surface area (Å²) in [6, 6.07) is 0. The van der Waals surface area contributed by atoms with Gasteiger partial charge in [0.2, 0.25) is 0 Å². The number of nitrogens with zero attached hydrogens (tertiary/aromatic N) is 2. The molecule has 21 heavy (non-hydrogen) atoms. The number of amides is 1. The molecule has 6 nitrogen and oxygen atoms in total. The molecule has 1 amide bonds. The fraction of sp³-hybridized carbons (Fsp3) is 0.500. The fourth-order valence-corrected chi connectivity index (χ4v) is 2.91. The summed E-state index contributed by atoms with van der Waals surface area (Å²) in [7, 11) is 0. The van der Waals surface area contributed by atoms with Crippen molar-refractivity contribution < 1.29 is 9.90 Å². The monoisotopic (exact) mass is 309 g/mol. The first-order valence-electron chi connectivity index (χ1n) is 6.89. The van der Waals surface area contributed by atoms with Crippen molar-refractivity contribution in [2.75, 3.05) is 6.54 Å². The van der Waals surface area contributed by atoms with Gasteiger partial charge in [0.05, 0.1) is 6.10 Å². The van der Waals surface area contributed by atoms with Crippen LogP contribution in [0.3, 0.4) is 0 Å². The molecule has 2 rings (SSSR count). The Morgan fingerprint density at radius 1 is 1.52 bits per heavy atom. The third kappa shape index (κ3) is 3.14. The van der Waals surface area contributed by atoms with Gasteiger partial charge in [-0.15, -0.1) is 11.3 Å². The van der Waals surface area contributed by atoms with E-state index < -0.39 is 12.0 Å². The van der Waals surface area contributed by atoms with Crippen molar-refractivity contribution in [1.82, 2.24) is 14.7 Å². The van der Waals surface area contributed by atoms with Gasteiger partial charge in [-0.25, -0.2) is 4.98 Å². The number of rotatable bonds is 5. The van der Waals surface area contributed by atoms with Crippen molar-refractivity contribution in [3.8, 4) is 0 Å². The number of carbonyl (C=O) groups is 1. The summed E-state index contributed by atoms with van der Waals surface area (Å²) >= 11 is 1.43. The molecule has 1 atom stereocenters. The highest BCUT2D eigenvalue weighted by Gasteiger charge is 2.16. The lowest BCUT2D eigenvalue weighted by Crippen LogP contribution is -2.33. The molecule has 0 aliphatic carbocycles. The molecule has 0 fully saturated rings. The predicted octanol–water partition coefficient (Wildman–Crippen LogP) is 1.26. The molecule has 0 radical (unpaired) electrons. The molecule has 0 aliphatic rings. The van der Waals surface area contributed by atoms with Gasteiger partial charge in [-0.1, -0.05) is 6.92 Å². The summed E-state index contributed by atoms with van der Waals surface area (Å²) in [6.45, 7) is 5.96. The van der Waals surface area contributed by atoms with Crippen molar-refractivity contribution in [1.29, 1.82) is 0 Å². The summed E-state index contributed by atoms with van der Waals surface area (Å²) in [5, 5.41) is 12.1. The Morgan fingerprint density at radius 3 is 2.90 bits per heavy atom. The number of fused-ring (bicyclic) bond motifs is 1. The Kier molecular flexibility index (Phi) is 4.74. The SMILES string of the molecule is CCC(O)CCNC(=O)c1cnc2sc(C)c(C)n2c1=O. The summed E-state index contributed by atoms with van der Waals surface area (Å²) in [4.78, 5) is 30.2. The zero-order valence-corrected chi connectivity index (χ0v) is 13.2. The lowest BCUT2D eigenvalue weighted by Gasteiger charge is -2.08. The van der Waals surface area contributed by atoms with E-state index in [-0.39, 0.29) is 11.1 Å². The molecule has 0 bridgehead atoms. The van der Waals surface area contributed by atoms with E-state index in [1.54, 1.807) is 0 Å². The second-order valence-corrected chi connectivity index (χ2v) is 6.13. The van der Waals surface area contributed by atoms with Crippen LogP contribution in [0.25, 0.3) is 4.96 Å². The van der Waals surface area contributed by atoms with Crippen molar-refractivity contribution >= 4 is 22.2 Å². The Labute approximate surface area is 126 Å². The summed E-state index contributed by atoms with van der Waals surface area (Å²) < 4.78 is 1.47. The highest BCUT2D eigenvalue weighted by Crippen LogP contribution is 2.18. The number of hydrogen-bond acceptors (Lipinski definition) is 5. The third-order valence-electron chi connectivity index (χ3n) is 3.50. The maximum atomic E-state index is 12.4. The summed E-state index contributed by atoms with van der Waals surface area (Å²) in [5.74, 6) is -0.451. The number of aryl methyl sites for hydroxylation is 2. The van der Waals surface area contributed by atoms with Gasteiger partial charge in [-0.05, 0) is 26.7 Å². The molecule has 2 aromatic heterocycles. The van der Waals surface area contributed by atoms with E-state index in [2.05, 4.69) is 10.3 Å². The van der Waals surface area contributed by atoms with Gasteiger partial charge < -0.3 is 10.4 Å². The molecule has 2 heterocycles. The van der Waals surface area contributed by atoms with Crippen LogP contribution in [0.2, 0.25) is 0 Å². The minimum atomic E-state index is -0.451. The van der Waals surface area contributed by atoms with Crippen LogP contribution in [-0.2, 0) is 0 Å². The Hall–Kier alpha value is -1.73. The molecule has 0 aromatic carbocycles. The lowest BCUT2D eigenvalue weighted by atomic mass is 10.2. The highest BCUT2D eigenvalue weighted by molar-refractivity contribution is 7.17. The molecule has 7 heteroatoms. The molecule has 0 saturated heterocycles. The van der Waals surface area contributed by atoms with E-state index in [0.29, 0.717) is 24.3 Å². The maximum Gasteiger partial charge on any atom is 0.271 e. The minimum Gasteiger partial charge on any atom is -0.393 e. The van der Waals surface area contributed by atoms with Crippen molar-refractivity contribution in [2.45, 2.75) is 39.7 Å². The zero-order valence-electron chi connectivity index (χ0n) is 12.3. The molecule has 0 aliphatic heterocycles. The molecule has 1 unspecified atom stereocenters. The van der Waals surface area contributed by atoms with Crippen LogP contribution in [-0.4, -0.2) is 33.0 Å². The lowest BCUT2D eigenvalue weighted by molar-refractivity contribution is 0.0940. The number of nitrogens with one attached hydrogen (secondary N) is 1. The third-order valence-corrected chi connectivity index (χ3v) is 4.57. The molecule has 0 spiro atoms. The van der Waals surface area contributed by atoms with Gasteiger partial charge >= 0.3 is 0 Å². The van der Waals surface area contributed by atoms with Crippen LogP contribution in [0.5, 0.6) is 0 Å². The van der Waals surface area contributed by atoms with Gasteiger partial charge in [-0.2, -0.15) is 0 Å². The Morgan fingerprint density at radius 2 is 2.24 bits per heavy atom. The molecule has 0 saturated carbocycles. The average Bonchev–Trinajstić information content (AvgIpc) is 2.74. The molecule has 114 valence electrons. The van der Waals surface area contributed by atoms with Crippen LogP contribution in [0, 0.1) is 13.8 Å². The zero-order chi connectivity index (χ0) is 15.6. The summed E-state index contributed by atoms with van der Waals surface area (Å²) in [5.41, 5.74) is 0.485. The standard InChI is InChI=1S/C14H19N3O3S/c1-4-10(18)5-6-15-12(19)11-7-16-14-17(13(11)20)8(2)9(3)21-14/h7,10,18H,4-6H2,1-3H3,(H,15,19). The summed E-state index contributed by atoms with van der Waals surface area (Å²) in [6.07, 6.45) is 1.99. The van der Waals surface area contributed by atoms with Crippen molar-refractivity contribution in [3.63, 3.8) is 0 Å². The van der Waals surface area contributed by atoms with Gasteiger partial charge in [0.25, 0.3) is 11.5 Å². The first-order valence-corrected chi connectivity index (χ1v) is 7.71. The largest absolute Gasteiger partial charge is 0.393 e. The molecular weight excluding hydrogens is 290 g/mol. The van der Waals surface area contributed by atoms with Crippen LogP contribution < -0.4 is 10.9 Å². The Bertz CT molecular complexity index is 720. The second-order valence-electron chi connectivity index (χ2n) is 4.95. The van der Waals surface area contributed by atoms with E-state index in [9.17, 15) is 14.7 Å². The van der Waals surface area contributed by atoms with Gasteiger partial charge in [0.1, 0.15) is 5.56 Å². The number of aliphatic hydroxyl groups is 1. The van der Waals surface area contributed by atoms with Gasteiger partial charge in [0.15, 0.2) is 4.96 Å². The number of aliphatic hydroxyl groups excluding tert-OH is 1. The molecular formula is C14H19N3O3S. The van der Waals surface area contributed by atoms with Gasteiger partial charge in [-0.3, -0.25) is 14.0 Å². The first-order chi connectivity index (χ1) is 9.95. The molecule has 2 N–H and O–H groups in total. The van der Waals surface area contributed by atoms with E-state index in [1.165, 1.54) is 21.9 Å². The van der Waals surface area contributed by atoms with E-state index in [1.807, 2.05) is 20.8 Å². The topological polar surface area (TPSA) is 83.7 Å². The van der Waals surface area contributed by atoms with E-state index in [0.717, 1.165) is 10.6 Å². The van der Waals surface area contributed by atoms with Crippen molar-refractivity contribution in [3.05, 3.63) is 32.7 Å². The number of thiazole rings is 1. The van der Waals surface area contributed by atoms with Crippen molar-refractivity contribution in [2.24, 2.45) is 0 Å². The normalized spacial score (nSPS) is 12.6. The fourth-order valence-electron chi connectivity index (χ4n) is 1.98. The average molecular weight is 309 g/mol. The van der Waals surface area contributed by atoms with Crippen LogP contribution in [0.1, 0.15) is 40.7 Å². The number of carbonyl (C=O) groups excluding carboxylic acids is 1. The number of hydrogen-bond donors (Lipinski definition) is 2. The van der Waals surface area contributed by atoms with Crippen LogP contribution in [0.15, 0.2) is 11.0 Å². The van der Waals surface area contributed by atoms with E-state index in [4.69, 9.17) is 0 Å². The smallest absolute Gasteiger partial charge is 0.271 e. The second kappa shape index (κ2) is 6.36. The van der Waals surface area contributed by atoms with Crippen LogP contribution >= 0.6 is 11.3 Å². The highest BCUT2D eigenvalue weighted by atomic mass is 32.1. The van der Waals surface area contributed by atoms with Gasteiger partial charge in [0, 0.05) is 23.3 Å². The molecule has 2 aromatic rings. The quantitative estimate of drug-likeness (QED) is 0.871. The maximum absolute atomic E-state index is 12.4. The predicted molar refractivity (Wildman–Crippen MR) is 82.1 cm³/mol.